The number of aliphatic imine (C=N–C) groups is 1. The van der Waals surface area contributed by atoms with Crippen LogP contribution < -0.4 is 9.64 Å². The summed E-state index contributed by atoms with van der Waals surface area (Å²) in [6.07, 6.45) is 2.39. The Kier molecular flexibility index (Phi) is 6.40. The van der Waals surface area contributed by atoms with Crippen molar-refractivity contribution in [3.8, 4) is 5.75 Å². The molecule has 1 unspecified atom stereocenters. The molecule has 0 aromatic heterocycles. The van der Waals surface area contributed by atoms with Crippen molar-refractivity contribution in [2.75, 3.05) is 24.3 Å². The zero-order chi connectivity index (χ0) is 16.4. The third kappa shape index (κ3) is 4.16. The van der Waals surface area contributed by atoms with Gasteiger partial charge in [-0.1, -0.05) is 11.8 Å². The molecule has 1 amide bonds. The van der Waals surface area contributed by atoms with Crippen molar-refractivity contribution in [3.05, 3.63) is 24.3 Å². The average Bonchev–Trinajstić information content (AvgIpc) is 3.28. The summed E-state index contributed by atoms with van der Waals surface area (Å²) in [7, 11) is 2.02. The van der Waals surface area contributed by atoms with Crippen LogP contribution in [0.3, 0.4) is 0 Å². The minimum absolute atomic E-state index is 0. The molecule has 0 N–H and O–H groups in total. The van der Waals surface area contributed by atoms with Gasteiger partial charge in [0.25, 0.3) is 0 Å². The monoisotopic (exact) mass is 369 g/mol. The van der Waals surface area contributed by atoms with E-state index in [9.17, 15) is 4.79 Å². The van der Waals surface area contributed by atoms with Crippen LogP contribution in [0.4, 0.5) is 5.69 Å². The van der Waals surface area contributed by atoms with Crippen molar-refractivity contribution in [1.29, 1.82) is 0 Å². The van der Waals surface area contributed by atoms with Crippen molar-refractivity contribution in [2.45, 2.75) is 38.9 Å². The van der Waals surface area contributed by atoms with Gasteiger partial charge in [-0.15, -0.1) is 12.4 Å². The van der Waals surface area contributed by atoms with E-state index in [1.54, 1.807) is 18.7 Å². The summed E-state index contributed by atoms with van der Waals surface area (Å²) in [5, 5.41) is 1.05. The maximum atomic E-state index is 12.2. The standard InChI is InChI=1S/C17H23N3O2S.ClH/c1-4-22-15-9-7-14(8-10-15)20(12(2)21)16-11-23-17(19(16)3)18-13-5-6-13;/h7-10,13,16H,4-6,11H2,1-3H3;1H. The number of carbonyl (C=O) groups is 1. The highest BCUT2D eigenvalue weighted by molar-refractivity contribution is 8.14. The first-order valence-corrected chi connectivity index (χ1v) is 9.04. The normalized spacial score (nSPS) is 21.5. The number of ether oxygens (including phenoxy) is 1. The molecule has 1 aliphatic carbocycles. The summed E-state index contributed by atoms with van der Waals surface area (Å²) in [5.74, 6) is 1.71. The fourth-order valence-corrected chi connectivity index (χ4v) is 3.88. The molecule has 5 nitrogen and oxygen atoms in total. The fraction of sp³-hybridized carbons (Fsp3) is 0.529. The number of thioether (sulfide) groups is 1. The molecule has 1 aromatic carbocycles. The van der Waals surface area contributed by atoms with E-state index in [4.69, 9.17) is 9.73 Å². The number of anilines is 1. The number of amides is 1. The van der Waals surface area contributed by atoms with Gasteiger partial charge in [-0.25, -0.2) is 0 Å². The highest BCUT2D eigenvalue weighted by atomic mass is 35.5. The molecule has 1 heterocycles. The van der Waals surface area contributed by atoms with Crippen LogP contribution in [0.1, 0.15) is 26.7 Å². The Balaban J connectivity index is 0.00000208. The van der Waals surface area contributed by atoms with E-state index in [1.165, 1.54) is 12.8 Å². The second-order valence-electron chi connectivity index (χ2n) is 5.86. The lowest BCUT2D eigenvalue weighted by Gasteiger charge is -2.32. The van der Waals surface area contributed by atoms with Gasteiger partial charge in [-0.2, -0.15) is 0 Å². The smallest absolute Gasteiger partial charge is 0.225 e. The molecule has 0 spiro atoms. The van der Waals surface area contributed by atoms with Crippen LogP contribution in [-0.2, 0) is 4.79 Å². The lowest BCUT2D eigenvalue weighted by atomic mass is 10.2. The lowest BCUT2D eigenvalue weighted by molar-refractivity contribution is -0.117. The number of halogens is 1. The minimum Gasteiger partial charge on any atom is -0.494 e. The molecule has 1 atom stereocenters. The first kappa shape index (κ1) is 18.9. The zero-order valence-corrected chi connectivity index (χ0v) is 15.9. The third-order valence-electron chi connectivity index (χ3n) is 4.01. The van der Waals surface area contributed by atoms with Crippen LogP contribution in [-0.4, -0.2) is 47.6 Å². The Hall–Kier alpha value is -1.40. The number of hydrogen-bond donors (Lipinski definition) is 0. The number of carbonyl (C=O) groups excluding carboxylic acids is 1. The highest BCUT2D eigenvalue weighted by Crippen LogP contribution is 2.33. The van der Waals surface area contributed by atoms with E-state index in [0.29, 0.717) is 12.6 Å². The van der Waals surface area contributed by atoms with Crippen molar-refractivity contribution < 1.29 is 9.53 Å². The molecule has 0 radical (unpaired) electrons. The Bertz CT molecular complexity index is 604. The van der Waals surface area contributed by atoms with E-state index in [2.05, 4.69) is 4.90 Å². The quantitative estimate of drug-likeness (QED) is 0.798. The van der Waals surface area contributed by atoms with Crippen LogP contribution in [0.2, 0.25) is 0 Å². The van der Waals surface area contributed by atoms with Gasteiger partial charge in [-0.3, -0.25) is 14.7 Å². The van der Waals surface area contributed by atoms with Crippen LogP contribution >= 0.6 is 24.2 Å². The topological polar surface area (TPSA) is 45.1 Å². The largest absolute Gasteiger partial charge is 0.494 e. The molecule has 0 bridgehead atoms. The Morgan fingerprint density at radius 3 is 2.58 bits per heavy atom. The molecular weight excluding hydrogens is 346 g/mol. The van der Waals surface area contributed by atoms with E-state index >= 15 is 0 Å². The fourth-order valence-electron chi connectivity index (χ4n) is 2.66. The van der Waals surface area contributed by atoms with Crippen LogP contribution in [0.25, 0.3) is 0 Å². The maximum Gasteiger partial charge on any atom is 0.225 e. The molecule has 3 rings (SSSR count). The van der Waals surface area contributed by atoms with Crippen molar-refractivity contribution in [2.24, 2.45) is 4.99 Å². The molecule has 1 saturated carbocycles. The van der Waals surface area contributed by atoms with Gasteiger partial charge in [0, 0.05) is 25.4 Å². The van der Waals surface area contributed by atoms with Crippen molar-refractivity contribution in [3.63, 3.8) is 0 Å². The van der Waals surface area contributed by atoms with Gasteiger partial charge in [0.2, 0.25) is 5.91 Å². The van der Waals surface area contributed by atoms with Crippen molar-refractivity contribution in [1.82, 2.24) is 4.90 Å². The summed E-state index contributed by atoms with van der Waals surface area (Å²) >= 11 is 1.74. The average molecular weight is 370 g/mol. The van der Waals surface area contributed by atoms with Gasteiger partial charge in [0.15, 0.2) is 5.17 Å². The van der Waals surface area contributed by atoms with Crippen LogP contribution in [0.15, 0.2) is 29.3 Å². The molecule has 24 heavy (non-hydrogen) atoms. The number of benzene rings is 1. The van der Waals surface area contributed by atoms with Gasteiger partial charge in [-0.05, 0) is 44.0 Å². The van der Waals surface area contributed by atoms with E-state index < -0.39 is 0 Å². The molecule has 1 aliphatic heterocycles. The summed E-state index contributed by atoms with van der Waals surface area (Å²) in [4.78, 5) is 21.0. The van der Waals surface area contributed by atoms with Gasteiger partial charge >= 0.3 is 0 Å². The summed E-state index contributed by atoms with van der Waals surface area (Å²) in [6.45, 7) is 4.21. The predicted octanol–water partition coefficient (Wildman–Crippen LogP) is 3.38. The van der Waals surface area contributed by atoms with Gasteiger partial charge in [0.05, 0.1) is 12.6 Å². The minimum atomic E-state index is 0. The summed E-state index contributed by atoms with van der Waals surface area (Å²) < 4.78 is 5.48. The number of nitrogens with zero attached hydrogens (tertiary/aromatic N) is 3. The van der Waals surface area contributed by atoms with E-state index in [1.807, 2.05) is 43.1 Å². The third-order valence-corrected chi connectivity index (χ3v) is 5.13. The molecule has 1 saturated heterocycles. The SMILES string of the molecule is CCOc1ccc(N(C(C)=O)C2CSC(=NC3CC3)N2C)cc1.Cl. The van der Waals surface area contributed by atoms with Gasteiger partial charge in [0.1, 0.15) is 11.9 Å². The van der Waals surface area contributed by atoms with Crippen molar-refractivity contribution >= 4 is 40.9 Å². The second-order valence-corrected chi connectivity index (χ2v) is 6.85. The molecule has 2 fully saturated rings. The van der Waals surface area contributed by atoms with Crippen LogP contribution in [0.5, 0.6) is 5.75 Å². The second kappa shape index (κ2) is 8.12. The highest BCUT2D eigenvalue weighted by Gasteiger charge is 2.35. The molecule has 2 aliphatic rings. The number of amidine groups is 1. The molecule has 1 aromatic rings. The summed E-state index contributed by atoms with van der Waals surface area (Å²) in [6, 6.07) is 8.21. The molecular formula is C17H24ClN3O2S. The predicted molar refractivity (Wildman–Crippen MR) is 102 cm³/mol. The lowest BCUT2D eigenvalue weighted by Crippen LogP contribution is -2.48. The van der Waals surface area contributed by atoms with E-state index in [-0.39, 0.29) is 24.5 Å². The number of rotatable bonds is 5. The zero-order valence-electron chi connectivity index (χ0n) is 14.3. The van der Waals surface area contributed by atoms with Gasteiger partial charge < -0.3 is 9.64 Å². The Morgan fingerprint density at radius 2 is 2.04 bits per heavy atom. The van der Waals surface area contributed by atoms with E-state index in [0.717, 1.165) is 22.4 Å². The Morgan fingerprint density at radius 1 is 1.38 bits per heavy atom. The molecule has 7 heteroatoms. The first-order valence-electron chi connectivity index (χ1n) is 8.06. The number of hydrogen-bond acceptors (Lipinski definition) is 4. The Labute approximate surface area is 153 Å². The van der Waals surface area contributed by atoms with Crippen LogP contribution in [0, 0.1) is 0 Å². The first-order chi connectivity index (χ1) is 11.1. The molecule has 132 valence electrons. The maximum absolute atomic E-state index is 12.2. The summed E-state index contributed by atoms with van der Waals surface area (Å²) in [5.41, 5.74) is 0.895.